The van der Waals surface area contributed by atoms with Crippen LogP contribution in [-0.2, 0) is 0 Å². The minimum Gasteiger partial charge on any atom is -0.434 e. The van der Waals surface area contributed by atoms with E-state index in [9.17, 15) is 10.1 Å². The molecule has 0 spiro atoms. The molecule has 102 valence electrons. The summed E-state index contributed by atoms with van der Waals surface area (Å²) in [6.45, 7) is 0. The summed E-state index contributed by atoms with van der Waals surface area (Å²) in [5.74, 6) is 0.354. The molecule has 2 rings (SSSR count). The fourth-order valence-electron chi connectivity index (χ4n) is 1.46. The van der Waals surface area contributed by atoms with E-state index >= 15 is 0 Å². The predicted molar refractivity (Wildman–Crippen MR) is 77.8 cm³/mol. The van der Waals surface area contributed by atoms with Crippen LogP contribution in [0.1, 0.15) is 0 Å². The molecule has 2 aromatic rings. The number of thiocarbonyl (C=S) groups is 1. The van der Waals surface area contributed by atoms with Crippen molar-refractivity contribution in [3.63, 3.8) is 0 Å². The molecule has 8 heteroatoms. The number of nitrogens with one attached hydrogen (secondary N) is 1. The number of anilines is 1. The summed E-state index contributed by atoms with van der Waals surface area (Å²) in [6, 6.07) is 9.41. The monoisotopic (exact) mass is 290 g/mol. The van der Waals surface area contributed by atoms with Crippen molar-refractivity contribution in [2.45, 2.75) is 0 Å². The third-order valence-electron chi connectivity index (χ3n) is 2.28. The molecule has 20 heavy (non-hydrogen) atoms. The zero-order chi connectivity index (χ0) is 14.5. The standard InChI is InChI=1S/C12H10N4O3S/c13-12(20)15-8-3-5-9(6-4-8)19-11-10(16(17)18)2-1-7-14-11/h1-7H,(H3,13,15,20). The minimum absolute atomic E-state index is 0.0624. The molecule has 0 saturated heterocycles. The van der Waals surface area contributed by atoms with E-state index in [0.29, 0.717) is 11.4 Å². The Morgan fingerprint density at radius 3 is 2.65 bits per heavy atom. The maximum absolute atomic E-state index is 10.8. The lowest BCUT2D eigenvalue weighted by molar-refractivity contribution is -0.386. The molecule has 0 amide bonds. The first-order valence-electron chi connectivity index (χ1n) is 5.50. The average Bonchev–Trinajstić information content (AvgIpc) is 2.41. The van der Waals surface area contributed by atoms with Gasteiger partial charge in [0.25, 0.3) is 5.88 Å². The van der Waals surface area contributed by atoms with Gasteiger partial charge in [-0.2, -0.15) is 0 Å². The molecule has 1 aromatic heterocycles. The van der Waals surface area contributed by atoms with Gasteiger partial charge in [0.2, 0.25) is 0 Å². The molecule has 1 aromatic carbocycles. The average molecular weight is 290 g/mol. The first-order chi connectivity index (χ1) is 9.56. The molecule has 0 aliphatic rings. The predicted octanol–water partition coefficient (Wildman–Crippen LogP) is 2.44. The van der Waals surface area contributed by atoms with Crippen molar-refractivity contribution in [2.75, 3.05) is 5.32 Å². The highest BCUT2D eigenvalue weighted by atomic mass is 32.1. The SMILES string of the molecule is NC(=S)Nc1ccc(Oc2ncccc2[N+](=O)[O-])cc1. The molecular formula is C12H10N4O3S. The molecule has 1 heterocycles. The maximum Gasteiger partial charge on any atom is 0.331 e. The first-order valence-corrected chi connectivity index (χ1v) is 5.91. The fraction of sp³-hybridized carbons (Fsp3) is 0. The lowest BCUT2D eigenvalue weighted by Crippen LogP contribution is -2.18. The molecule has 0 fully saturated rings. The van der Waals surface area contributed by atoms with Crippen LogP contribution in [-0.4, -0.2) is 15.0 Å². The highest BCUT2D eigenvalue weighted by molar-refractivity contribution is 7.80. The van der Waals surface area contributed by atoms with Crippen molar-refractivity contribution in [3.8, 4) is 11.6 Å². The summed E-state index contributed by atoms with van der Waals surface area (Å²) in [5.41, 5.74) is 5.84. The summed E-state index contributed by atoms with van der Waals surface area (Å²) in [6.07, 6.45) is 1.42. The zero-order valence-corrected chi connectivity index (χ0v) is 11.0. The molecule has 0 saturated carbocycles. The smallest absolute Gasteiger partial charge is 0.331 e. The number of nitro groups is 1. The van der Waals surface area contributed by atoms with Crippen LogP contribution in [0.4, 0.5) is 11.4 Å². The third kappa shape index (κ3) is 3.39. The normalized spacial score (nSPS) is 9.80. The van der Waals surface area contributed by atoms with Gasteiger partial charge in [-0.1, -0.05) is 0 Å². The Balaban J connectivity index is 2.18. The maximum atomic E-state index is 10.8. The number of hydrogen-bond acceptors (Lipinski definition) is 5. The van der Waals surface area contributed by atoms with Crippen LogP contribution in [0.2, 0.25) is 0 Å². The molecule has 0 aliphatic carbocycles. The second-order valence-electron chi connectivity index (χ2n) is 3.70. The summed E-state index contributed by atoms with van der Waals surface area (Å²) in [7, 11) is 0. The Kier molecular flexibility index (Phi) is 4.06. The van der Waals surface area contributed by atoms with Crippen LogP contribution in [0.3, 0.4) is 0 Å². The Hall–Kier alpha value is -2.74. The van der Waals surface area contributed by atoms with E-state index in [1.54, 1.807) is 24.3 Å². The number of nitrogens with zero attached hydrogens (tertiary/aromatic N) is 2. The van der Waals surface area contributed by atoms with Crippen molar-refractivity contribution in [2.24, 2.45) is 5.73 Å². The summed E-state index contributed by atoms with van der Waals surface area (Å²) in [5, 5.41) is 13.7. The number of pyridine rings is 1. The van der Waals surface area contributed by atoms with Gasteiger partial charge in [-0.15, -0.1) is 0 Å². The molecule has 7 nitrogen and oxygen atoms in total. The highest BCUT2D eigenvalue weighted by Crippen LogP contribution is 2.28. The van der Waals surface area contributed by atoms with Gasteiger partial charge in [-0.3, -0.25) is 10.1 Å². The van der Waals surface area contributed by atoms with Crippen LogP contribution in [0.15, 0.2) is 42.6 Å². The summed E-state index contributed by atoms with van der Waals surface area (Å²) in [4.78, 5) is 14.1. The highest BCUT2D eigenvalue weighted by Gasteiger charge is 2.16. The molecule has 0 atom stereocenters. The Morgan fingerprint density at radius 1 is 1.35 bits per heavy atom. The van der Waals surface area contributed by atoms with E-state index in [1.807, 2.05) is 0 Å². The van der Waals surface area contributed by atoms with E-state index in [0.717, 1.165) is 0 Å². The van der Waals surface area contributed by atoms with E-state index in [4.69, 9.17) is 22.7 Å². The Labute approximate surface area is 119 Å². The van der Waals surface area contributed by atoms with Crippen molar-refractivity contribution in [1.29, 1.82) is 0 Å². The van der Waals surface area contributed by atoms with Crippen LogP contribution in [0.5, 0.6) is 11.6 Å². The molecule has 0 aliphatic heterocycles. The van der Waals surface area contributed by atoms with Gasteiger partial charge < -0.3 is 15.8 Å². The number of hydrogen-bond donors (Lipinski definition) is 2. The van der Waals surface area contributed by atoms with Crippen molar-refractivity contribution in [3.05, 3.63) is 52.7 Å². The van der Waals surface area contributed by atoms with Gasteiger partial charge in [0.1, 0.15) is 5.75 Å². The number of ether oxygens (including phenoxy) is 1. The van der Waals surface area contributed by atoms with Crippen molar-refractivity contribution in [1.82, 2.24) is 4.98 Å². The van der Waals surface area contributed by atoms with Gasteiger partial charge in [-0.05, 0) is 42.5 Å². The number of rotatable bonds is 4. The van der Waals surface area contributed by atoms with E-state index in [2.05, 4.69) is 10.3 Å². The van der Waals surface area contributed by atoms with Crippen LogP contribution in [0, 0.1) is 10.1 Å². The number of benzene rings is 1. The topological polar surface area (TPSA) is 103 Å². The summed E-state index contributed by atoms with van der Waals surface area (Å²) >= 11 is 4.71. The fourth-order valence-corrected chi connectivity index (χ4v) is 1.58. The lowest BCUT2D eigenvalue weighted by Gasteiger charge is -2.07. The van der Waals surface area contributed by atoms with Gasteiger partial charge in [-0.25, -0.2) is 4.98 Å². The molecular weight excluding hydrogens is 280 g/mol. The van der Waals surface area contributed by atoms with Gasteiger partial charge in [0, 0.05) is 18.0 Å². The third-order valence-corrected chi connectivity index (χ3v) is 2.39. The first kappa shape index (κ1) is 13.7. The summed E-state index contributed by atoms with van der Waals surface area (Å²) < 4.78 is 5.39. The number of aromatic nitrogens is 1. The van der Waals surface area contributed by atoms with Crippen molar-refractivity contribution >= 4 is 28.7 Å². The van der Waals surface area contributed by atoms with Gasteiger partial charge in [0.15, 0.2) is 5.11 Å². The molecule has 0 radical (unpaired) electrons. The zero-order valence-electron chi connectivity index (χ0n) is 10.1. The minimum atomic E-state index is -0.550. The van der Waals surface area contributed by atoms with Crippen LogP contribution >= 0.6 is 12.2 Å². The molecule has 0 bridgehead atoms. The van der Waals surface area contributed by atoms with Gasteiger partial charge >= 0.3 is 5.69 Å². The number of nitrogens with two attached hydrogens (primary N) is 1. The van der Waals surface area contributed by atoms with E-state index < -0.39 is 4.92 Å². The second-order valence-corrected chi connectivity index (χ2v) is 4.14. The second kappa shape index (κ2) is 5.93. The molecule has 0 unspecified atom stereocenters. The van der Waals surface area contributed by atoms with E-state index in [-0.39, 0.29) is 16.7 Å². The Morgan fingerprint density at radius 2 is 2.05 bits per heavy atom. The van der Waals surface area contributed by atoms with Crippen LogP contribution in [0.25, 0.3) is 0 Å². The Bertz CT molecular complexity index is 645. The largest absolute Gasteiger partial charge is 0.434 e. The lowest BCUT2D eigenvalue weighted by atomic mass is 10.3. The van der Waals surface area contributed by atoms with Crippen LogP contribution < -0.4 is 15.8 Å². The van der Waals surface area contributed by atoms with Crippen molar-refractivity contribution < 1.29 is 9.66 Å². The van der Waals surface area contributed by atoms with E-state index in [1.165, 1.54) is 18.3 Å². The quantitative estimate of drug-likeness (QED) is 0.506. The molecule has 3 N–H and O–H groups in total. The van der Waals surface area contributed by atoms with Gasteiger partial charge in [0.05, 0.1) is 4.92 Å².